The Morgan fingerprint density at radius 1 is 1.47 bits per heavy atom. The highest BCUT2D eigenvalue weighted by Crippen LogP contribution is 2.28. The van der Waals surface area contributed by atoms with Gasteiger partial charge in [0.2, 0.25) is 5.76 Å². The molecule has 15 heavy (non-hydrogen) atoms. The predicted molar refractivity (Wildman–Crippen MR) is 49.8 cm³/mol. The molecule has 0 atom stereocenters. The molecule has 0 aliphatic rings. The van der Waals surface area contributed by atoms with Crippen LogP contribution in [0, 0.1) is 10.1 Å². The minimum atomic E-state index is -1.25. The van der Waals surface area contributed by atoms with E-state index in [9.17, 15) is 14.9 Å². The molecule has 1 N–H and O–H groups in total. The molecule has 0 radical (unpaired) electrons. The van der Waals surface area contributed by atoms with E-state index in [0.717, 1.165) is 6.07 Å². The first kappa shape index (κ1) is 9.20. The molecule has 0 saturated heterocycles. The molecule has 0 aliphatic carbocycles. The van der Waals surface area contributed by atoms with Crippen LogP contribution in [-0.2, 0) is 0 Å². The zero-order valence-corrected chi connectivity index (χ0v) is 7.34. The van der Waals surface area contributed by atoms with Gasteiger partial charge in [-0.3, -0.25) is 10.1 Å². The average Bonchev–Trinajstić information content (AvgIpc) is 2.60. The van der Waals surface area contributed by atoms with Crippen LogP contribution in [0.5, 0.6) is 0 Å². The van der Waals surface area contributed by atoms with Crippen LogP contribution < -0.4 is 0 Å². The lowest BCUT2D eigenvalue weighted by atomic mass is 10.2. The summed E-state index contributed by atoms with van der Waals surface area (Å²) in [4.78, 5) is 20.6. The van der Waals surface area contributed by atoms with Gasteiger partial charge in [0.15, 0.2) is 0 Å². The molecule has 1 aromatic heterocycles. The second-order valence-corrected chi connectivity index (χ2v) is 2.86. The Hall–Kier alpha value is -2.37. The van der Waals surface area contributed by atoms with Crippen molar-refractivity contribution in [3.63, 3.8) is 0 Å². The second kappa shape index (κ2) is 3.09. The number of nitro groups is 1. The lowest BCUT2D eigenvalue weighted by Crippen LogP contribution is -1.91. The van der Waals surface area contributed by atoms with Crippen molar-refractivity contribution in [1.29, 1.82) is 0 Å². The lowest BCUT2D eigenvalue weighted by molar-refractivity contribution is -0.383. The van der Waals surface area contributed by atoms with Gasteiger partial charge in [0.05, 0.1) is 10.3 Å². The number of hydrogen-bond acceptors (Lipinski definition) is 4. The SMILES string of the molecule is O=C(O)c1cc2c([N+](=O)[O-])cccc2o1. The standard InChI is InChI=1S/C9H5NO5/c11-9(12)8-4-5-6(10(13)14)2-1-3-7(5)15-8/h1-4H,(H,11,12). The summed E-state index contributed by atoms with van der Waals surface area (Å²) in [6.07, 6.45) is 0. The first-order valence-electron chi connectivity index (χ1n) is 4.00. The first-order valence-corrected chi connectivity index (χ1v) is 4.00. The van der Waals surface area contributed by atoms with Crippen molar-refractivity contribution in [2.75, 3.05) is 0 Å². The number of carbonyl (C=O) groups is 1. The number of carboxylic acids is 1. The van der Waals surface area contributed by atoms with Gasteiger partial charge in [-0.25, -0.2) is 4.79 Å². The van der Waals surface area contributed by atoms with Gasteiger partial charge < -0.3 is 9.52 Å². The summed E-state index contributed by atoms with van der Waals surface area (Å²) in [6, 6.07) is 5.36. The Bertz CT molecular complexity index is 557. The number of fused-ring (bicyclic) bond motifs is 1. The van der Waals surface area contributed by atoms with Gasteiger partial charge in [-0.2, -0.15) is 0 Å². The van der Waals surface area contributed by atoms with Gasteiger partial charge in [0.1, 0.15) is 5.58 Å². The third-order valence-corrected chi connectivity index (χ3v) is 1.95. The topological polar surface area (TPSA) is 93.6 Å². The zero-order valence-electron chi connectivity index (χ0n) is 7.34. The van der Waals surface area contributed by atoms with Crippen molar-refractivity contribution >= 4 is 22.6 Å². The molecule has 1 aromatic carbocycles. The van der Waals surface area contributed by atoms with Crippen molar-refractivity contribution in [1.82, 2.24) is 0 Å². The number of carboxylic acid groups (broad SMARTS) is 1. The number of furan rings is 1. The van der Waals surface area contributed by atoms with Gasteiger partial charge in [-0.15, -0.1) is 0 Å². The van der Waals surface area contributed by atoms with Crippen LogP contribution >= 0.6 is 0 Å². The minimum Gasteiger partial charge on any atom is -0.475 e. The van der Waals surface area contributed by atoms with Gasteiger partial charge in [0, 0.05) is 12.1 Å². The molecule has 6 heteroatoms. The fourth-order valence-electron chi connectivity index (χ4n) is 1.31. The van der Waals surface area contributed by atoms with Crippen molar-refractivity contribution < 1.29 is 19.2 Å². The van der Waals surface area contributed by atoms with E-state index in [-0.39, 0.29) is 22.4 Å². The van der Waals surface area contributed by atoms with Crippen molar-refractivity contribution in [2.45, 2.75) is 0 Å². The molecular formula is C9H5NO5. The van der Waals surface area contributed by atoms with Crippen LogP contribution in [0.1, 0.15) is 10.6 Å². The summed E-state index contributed by atoms with van der Waals surface area (Å²) in [6.45, 7) is 0. The van der Waals surface area contributed by atoms with Crippen LogP contribution in [0.4, 0.5) is 5.69 Å². The summed E-state index contributed by atoms with van der Waals surface area (Å²) in [5.74, 6) is -1.56. The second-order valence-electron chi connectivity index (χ2n) is 2.86. The minimum absolute atomic E-state index is 0.163. The van der Waals surface area contributed by atoms with Gasteiger partial charge in [-0.05, 0) is 6.07 Å². The Kier molecular flexibility index (Phi) is 1.89. The Labute approximate surface area is 82.9 Å². The molecule has 2 rings (SSSR count). The van der Waals surface area contributed by atoms with Gasteiger partial charge >= 0.3 is 5.97 Å². The maximum absolute atomic E-state index is 10.6. The Balaban J connectivity index is 2.75. The van der Waals surface area contributed by atoms with E-state index in [1.54, 1.807) is 0 Å². The maximum Gasteiger partial charge on any atom is 0.371 e. The van der Waals surface area contributed by atoms with Crippen LogP contribution in [0.2, 0.25) is 0 Å². The van der Waals surface area contributed by atoms with E-state index in [0.29, 0.717) is 0 Å². The summed E-state index contributed by atoms with van der Waals surface area (Å²) >= 11 is 0. The average molecular weight is 207 g/mol. The highest BCUT2D eigenvalue weighted by atomic mass is 16.6. The number of nitro benzene ring substituents is 1. The van der Waals surface area contributed by atoms with E-state index in [1.165, 1.54) is 18.2 Å². The molecule has 0 unspecified atom stereocenters. The number of hydrogen-bond donors (Lipinski definition) is 1. The number of rotatable bonds is 2. The van der Waals surface area contributed by atoms with E-state index in [2.05, 4.69) is 0 Å². The van der Waals surface area contributed by atoms with Crippen LogP contribution in [0.25, 0.3) is 11.0 Å². The highest BCUT2D eigenvalue weighted by Gasteiger charge is 2.18. The van der Waals surface area contributed by atoms with E-state index in [1.807, 2.05) is 0 Å². The van der Waals surface area contributed by atoms with Crippen LogP contribution in [0.15, 0.2) is 28.7 Å². The van der Waals surface area contributed by atoms with Gasteiger partial charge in [0.25, 0.3) is 5.69 Å². The molecule has 0 amide bonds. The highest BCUT2D eigenvalue weighted by molar-refractivity contribution is 5.95. The number of non-ortho nitro benzene ring substituents is 1. The fourth-order valence-corrected chi connectivity index (χ4v) is 1.31. The summed E-state index contributed by atoms with van der Waals surface area (Å²) < 4.78 is 4.92. The molecule has 6 nitrogen and oxygen atoms in total. The van der Waals surface area contributed by atoms with E-state index in [4.69, 9.17) is 9.52 Å². The summed E-state index contributed by atoms with van der Waals surface area (Å²) in [5.41, 5.74) is 0.0327. The first-order chi connectivity index (χ1) is 7.09. The largest absolute Gasteiger partial charge is 0.475 e. The molecular weight excluding hydrogens is 202 g/mol. The smallest absolute Gasteiger partial charge is 0.371 e. The van der Waals surface area contributed by atoms with Crippen molar-refractivity contribution in [3.05, 3.63) is 40.1 Å². The van der Waals surface area contributed by atoms with Crippen molar-refractivity contribution in [2.24, 2.45) is 0 Å². The maximum atomic E-state index is 10.6. The molecule has 76 valence electrons. The zero-order chi connectivity index (χ0) is 11.0. The molecule has 0 fully saturated rings. The molecule has 0 saturated carbocycles. The third-order valence-electron chi connectivity index (χ3n) is 1.95. The van der Waals surface area contributed by atoms with Crippen LogP contribution in [0.3, 0.4) is 0 Å². The molecule has 2 aromatic rings. The lowest BCUT2D eigenvalue weighted by Gasteiger charge is -1.90. The van der Waals surface area contributed by atoms with E-state index >= 15 is 0 Å². The number of nitrogens with zero attached hydrogens (tertiary/aromatic N) is 1. The summed E-state index contributed by atoms with van der Waals surface area (Å²) in [7, 11) is 0. The number of benzene rings is 1. The monoisotopic (exact) mass is 207 g/mol. The molecule has 1 heterocycles. The summed E-state index contributed by atoms with van der Waals surface area (Å²) in [5, 5.41) is 19.5. The van der Waals surface area contributed by atoms with Crippen LogP contribution in [-0.4, -0.2) is 16.0 Å². The third kappa shape index (κ3) is 1.41. The molecule has 0 spiro atoms. The van der Waals surface area contributed by atoms with Gasteiger partial charge in [-0.1, -0.05) is 6.07 Å². The molecule has 0 bridgehead atoms. The fraction of sp³-hybridized carbons (Fsp3) is 0. The Morgan fingerprint density at radius 3 is 2.80 bits per heavy atom. The Morgan fingerprint density at radius 2 is 2.20 bits per heavy atom. The number of aromatic carboxylic acids is 1. The predicted octanol–water partition coefficient (Wildman–Crippen LogP) is 2.04. The molecule has 0 aliphatic heterocycles. The normalized spacial score (nSPS) is 10.4. The van der Waals surface area contributed by atoms with E-state index < -0.39 is 10.9 Å². The van der Waals surface area contributed by atoms with Crippen molar-refractivity contribution in [3.8, 4) is 0 Å². The quantitative estimate of drug-likeness (QED) is 0.600.